The van der Waals surface area contributed by atoms with Crippen molar-refractivity contribution in [1.29, 1.82) is 0 Å². The van der Waals surface area contributed by atoms with E-state index in [0.29, 0.717) is 26.3 Å². The number of hydrogen-bond acceptors (Lipinski definition) is 5. The second kappa shape index (κ2) is 7.05. The Morgan fingerprint density at radius 1 is 1.19 bits per heavy atom. The summed E-state index contributed by atoms with van der Waals surface area (Å²) >= 11 is 0. The van der Waals surface area contributed by atoms with Crippen LogP contribution >= 0.6 is 0 Å². The van der Waals surface area contributed by atoms with E-state index in [2.05, 4.69) is 5.32 Å². The Hall–Kier alpha value is -1.30. The van der Waals surface area contributed by atoms with Crippen LogP contribution in [0.3, 0.4) is 0 Å². The Balaban J connectivity index is 2.21. The summed E-state index contributed by atoms with van der Waals surface area (Å²) in [7, 11) is 0. The molecule has 4 N–H and O–H groups in total. The third-order valence-electron chi connectivity index (χ3n) is 2.04. The molecule has 0 aliphatic carbocycles. The van der Waals surface area contributed by atoms with Gasteiger partial charge < -0.3 is 25.4 Å². The van der Waals surface area contributed by atoms with Gasteiger partial charge in [-0.1, -0.05) is 6.07 Å². The first-order chi connectivity index (χ1) is 7.74. The van der Waals surface area contributed by atoms with Gasteiger partial charge in [0, 0.05) is 24.7 Å². The van der Waals surface area contributed by atoms with Gasteiger partial charge in [-0.2, -0.15) is 0 Å². The van der Waals surface area contributed by atoms with Crippen LogP contribution in [0.15, 0.2) is 18.2 Å². The summed E-state index contributed by atoms with van der Waals surface area (Å²) in [6.07, 6.45) is 0. The molecule has 5 heteroatoms. The summed E-state index contributed by atoms with van der Waals surface area (Å²) < 4.78 is 5.06. The minimum absolute atomic E-state index is 0.0265. The predicted molar refractivity (Wildman–Crippen MR) is 59.4 cm³/mol. The molecule has 0 unspecified atom stereocenters. The van der Waals surface area contributed by atoms with Crippen molar-refractivity contribution in [3.05, 3.63) is 23.8 Å². The zero-order valence-corrected chi connectivity index (χ0v) is 9.02. The van der Waals surface area contributed by atoms with Crippen molar-refractivity contribution < 1.29 is 20.1 Å². The molecule has 0 amide bonds. The van der Waals surface area contributed by atoms with E-state index in [1.165, 1.54) is 12.1 Å². The molecular formula is C11H17NO4. The molecule has 0 atom stereocenters. The maximum atomic E-state index is 9.47. The standard InChI is InChI=1S/C11H17NO4/c13-4-6-16-5-3-12-8-9-1-2-10(14)7-11(9)15/h1-2,7,12-15H,3-6,8H2. The van der Waals surface area contributed by atoms with Crippen molar-refractivity contribution in [2.75, 3.05) is 26.4 Å². The van der Waals surface area contributed by atoms with Gasteiger partial charge in [0.25, 0.3) is 0 Å². The molecule has 0 spiro atoms. The number of aliphatic hydroxyl groups excluding tert-OH is 1. The van der Waals surface area contributed by atoms with Crippen LogP contribution in [0.25, 0.3) is 0 Å². The number of aromatic hydroxyl groups is 2. The Morgan fingerprint density at radius 3 is 2.69 bits per heavy atom. The second-order valence-electron chi connectivity index (χ2n) is 3.33. The number of rotatable bonds is 7. The van der Waals surface area contributed by atoms with Crippen molar-refractivity contribution in [2.45, 2.75) is 6.54 Å². The van der Waals surface area contributed by atoms with E-state index >= 15 is 0 Å². The van der Waals surface area contributed by atoms with Gasteiger partial charge in [0.05, 0.1) is 19.8 Å². The molecule has 0 radical (unpaired) electrons. The third-order valence-corrected chi connectivity index (χ3v) is 2.04. The van der Waals surface area contributed by atoms with Crippen LogP contribution in [0.5, 0.6) is 11.5 Å². The maximum absolute atomic E-state index is 9.47. The number of nitrogens with one attached hydrogen (secondary N) is 1. The molecule has 0 aromatic heterocycles. The Kier molecular flexibility index (Phi) is 5.63. The van der Waals surface area contributed by atoms with Crippen LogP contribution in [-0.4, -0.2) is 41.7 Å². The van der Waals surface area contributed by atoms with Gasteiger partial charge in [-0.3, -0.25) is 0 Å². The van der Waals surface area contributed by atoms with Crippen LogP contribution in [0, 0.1) is 0 Å². The van der Waals surface area contributed by atoms with Gasteiger partial charge >= 0.3 is 0 Å². The van der Waals surface area contributed by atoms with E-state index in [9.17, 15) is 5.11 Å². The summed E-state index contributed by atoms with van der Waals surface area (Å²) in [6.45, 7) is 2.03. The van der Waals surface area contributed by atoms with E-state index < -0.39 is 0 Å². The quantitative estimate of drug-likeness (QED) is 0.500. The van der Waals surface area contributed by atoms with Gasteiger partial charge in [-0.05, 0) is 6.07 Å². The first-order valence-electron chi connectivity index (χ1n) is 5.14. The molecule has 1 rings (SSSR count). The Morgan fingerprint density at radius 2 is 2.00 bits per heavy atom. The third kappa shape index (κ3) is 4.48. The molecule has 1 aromatic carbocycles. The molecule has 0 bridgehead atoms. The van der Waals surface area contributed by atoms with E-state index in [-0.39, 0.29) is 18.1 Å². The van der Waals surface area contributed by atoms with Crippen molar-refractivity contribution in [1.82, 2.24) is 5.32 Å². The normalized spacial score (nSPS) is 10.6. The second-order valence-corrected chi connectivity index (χ2v) is 3.33. The fraction of sp³-hybridized carbons (Fsp3) is 0.455. The summed E-state index contributed by atoms with van der Waals surface area (Å²) in [5.74, 6) is 0.122. The summed E-state index contributed by atoms with van der Waals surface area (Å²) in [5.41, 5.74) is 0.722. The Bertz CT molecular complexity index is 317. The number of phenols is 2. The molecule has 1 aromatic rings. The van der Waals surface area contributed by atoms with Gasteiger partial charge in [-0.15, -0.1) is 0 Å². The van der Waals surface area contributed by atoms with Crippen molar-refractivity contribution in [2.24, 2.45) is 0 Å². The summed E-state index contributed by atoms with van der Waals surface area (Å²) in [4.78, 5) is 0. The molecular weight excluding hydrogens is 210 g/mol. The van der Waals surface area contributed by atoms with Crippen LogP contribution in [-0.2, 0) is 11.3 Å². The maximum Gasteiger partial charge on any atom is 0.123 e. The Labute approximate surface area is 94.3 Å². The molecule has 90 valence electrons. The SMILES string of the molecule is OCCOCCNCc1ccc(O)cc1O. The molecule has 5 nitrogen and oxygen atoms in total. The zero-order valence-electron chi connectivity index (χ0n) is 9.02. The largest absolute Gasteiger partial charge is 0.508 e. The highest BCUT2D eigenvalue weighted by Crippen LogP contribution is 2.21. The minimum Gasteiger partial charge on any atom is -0.508 e. The number of phenolic OH excluding ortho intramolecular Hbond substituents is 2. The number of ether oxygens (including phenoxy) is 1. The first kappa shape index (κ1) is 12.8. The number of hydrogen-bond donors (Lipinski definition) is 4. The average molecular weight is 227 g/mol. The molecule has 0 saturated heterocycles. The van der Waals surface area contributed by atoms with Crippen molar-refractivity contribution >= 4 is 0 Å². The van der Waals surface area contributed by atoms with E-state index in [1.807, 2.05) is 0 Å². The lowest BCUT2D eigenvalue weighted by Gasteiger charge is -2.07. The topological polar surface area (TPSA) is 82.0 Å². The van der Waals surface area contributed by atoms with Crippen LogP contribution in [0.1, 0.15) is 5.56 Å². The molecule has 0 aliphatic heterocycles. The highest BCUT2D eigenvalue weighted by Gasteiger charge is 2.01. The lowest BCUT2D eigenvalue weighted by molar-refractivity contribution is 0.0938. The molecule has 0 heterocycles. The van der Waals surface area contributed by atoms with E-state index in [4.69, 9.17) is 14.9 Å². The number of aliphatic hydroxyl groups is 1. The minimum atomic E-state index is 0.0265. The first-order valence-corrected chi connectivity index (χ1v) is 5.14. The monoisotopic (exact) mass is 227 g/mol. The number of benzene rings is 1. The zero-order chi connectivity index (χ0) is 11.8. The van der Waals surface area contributed by atoms with E-state index in [0.717, 1.165) is 5.56 Å². The van der Waals surface area contributed by atoms with E-state index in [1.54, 1.807) is 6.07 Å². The van der Waals surface area contributed by atoms with Gasteiger partial charge in [0.1, 0.15) is 11.5 Å². The van der Waals surface area contributed by atoms with Gasteiger partial charge in [-0.25, -0.2) is 0 Å². The summed E-state index contributed by atoms with van der Waals surface area (Å²) in [5, 5.41) is 30.1. The summed E-state index contributed by atoms with van der Waals surface area (Å²) in [6, 6.07) is 4.49. The van der Waals surface area contributed by atoms with Crippen LogP contribution in [0.2, 0.25) is 0 Å². The molecule has 0 aliphatic rings. The smallest absolute Gasteiger partial charge is 0.123 e. The van der Waals surface area contributed by atoms with Crippen LogP contribution < -0.4 is 5.32 Å². The molecule has 0 saturated carbocycles. The highest BCUT2D eigenvalue weighted by atomic mass is 16.5. The van der Waals surface area contributed by atoms with Gasteiger partial charge in [0.2, 0.25) is 0 Å². The molecule has 16 heavy (non-hydrogen) atoms. The van der Waals surface area contributed by atoms with Crippen molar-refractivity contribution in [3.63, 3.8) is 0 Å². The lowest BCUT2D eigenvalue weighted by Crippen LogP contribution is -2.20. The molecule has 0 fully saturated rings. The lowest BCUT2D eigenvalue weighted by atomic mass is 10.2. The predicted octanol–water partition coefficient (Wildman–Crippen LogP) is 0.196. The fourth-order valence-corrected chi connectivity index (χ4v) is 1.24. The van der Waals surface area contributed by atoms with Gasteiger partial charge in [0.15, 0.2) is 0 Å². The highest BCUT2D eigenvalue weighted by molar-refractivity contribution is 5.38. The van der Waals surface area contributed by atoms with Crippen LogP contribution in [0.4, 0.5) is 0 Å². The van der Waals surface area contributed by atoms with Crippen molar-refractivity contribution in [3.8, 4) is 11.5 Å². The fourth-order valence-electron chi connectivity index (χ4n) is 1.24. The average Bonchev–Trinajstić information content (AvgIpc) is 2.26.